The van der Waals surface area contributed by atoms with Crippen LogP contribution in [0.25, 0.3) is 0 Å². The Labute approximate surface area is 232 Å². The van der Waals surface area contributed by atoms with Gasteiger partial charge in [0.15, 0.2) is 46.5 Å². The summed E-state index contributed by atoms with van der Waals surface area (Å²) in [4.78, 5) is 24.7. The lowest BCUT2D eigenvalue weighted by atomic mass is 10.1. The summed E-state index contributed by atoms with van der Waals surface area (Å²) in [7, 11) is 0. The van der Waals surface area contributed by atoms with Crippen LogP contribution in [0.15, 0.2) is 12.1 Å². The minimum absolute atomic E-state index is 0.0615. The topological polar surface area (TPSA) is 52.6 Å². The molecule has 0 fully saturated rings. The lowest BCUT2D eigenvalue weighted by Crippen LogP contribution is -2.15. The number of carbonyl (C=O) groups is 2. The molecular weight excluding hydrogens is 772 g/mol. The Balaban J connectivity index is 1.79. The molecule has 0 aromatic heterocycles. The Bertz CT molecular complexity index is 1330. The van der Waals surface area contributed by atoms with Crippen LogP contribution in [-0.2, 0) is 22.7 Å². The summed E-state index contributed by atoms with van der Waals surface area (Å²) < 4.78 is 144. The molecule has 202 valence electrons. The molecule has 0 spiro atoms. The van der Waals surface area contributed by atoms with Crippen LogP contribution in [0.4, 0.5) is 43.9 Å². The normalized spacial score (nSPS) is 11.1. The van der Waals surface area contributed by atoms with Crippen LogP contribution in [0.3, 0.4) is 0 Å². The molecular formula is C22H6F10I2O4. The van der Waals surface area contributed by atoms with Crippen molar-refractivity contribution in [2.75, 3.05) is 0 Å². The average Bonchev–Trinajstić information content (AvgIpc) is 2.89. The summed E-state index contributed by atoms with van der Waals surface area (Å²) in [6, 6.07) is 2.00. The van der Waals surface area contributed by atoms with Crippen molar-refractivity contribution in [2.45, 2.75) is 13.2 Å². The smallest absolute Gasteiger partial charge is 0.339 e. The SMILES string of the molecule is O=C(OCc1c(F)c(F)c(F)c(F)c1F)c1cc(I)c(C(=O)OCc2c(F)c(F)c(F)c(F)c2F)cc1I. The average molecular weight is 778 g/mol. The summed E-state index contributed by atoms with van der Waals surface area (Å²) >= 11 is 3.01. The molecule has 0 aliphatic rings. The number of rotatable bonds is 6. The third-order valence-corrected chi connectivity index (χ3v) is 6.58. The molecule has 3 aromatic carbocycles. The third-order valence-electron chi connectivity index (χ3n) is 4.79. The first-order chi connectivity index (χ1) is 17.7. The van der Waals surface area contributed by atoms with Crippen molar-refractivity contribution in [1.82, 2.24) is 0 Å². The molecule has 0 amide bonds. The van der Waals surface area contributed by atoms with E-state index in [0.717, 1.165) is 12.1 Å². The number of benzene rings is 3. The van der Waals surface area contributed by atoms with Gasteiger partial charge in [-0.05, 0) is 57.3 Å². The monoisotopic (exact) mass is 778 g/mol. The molecule has 0 unspecified atom stereocenters. The van der Waals surface area contributed by atoms with Crippen LogP contribution in [0.2, 0.25) is 0 Å². The van der Waals surface area contributed by atoms with Gasteiger partial charge in [-0.25, -0.2) is 53.5 Å². The third kappa shape index (κ3) is 5.55. The van der Waals surface area contributed by atoms with Gasteiger partial charge < -0.3 is 9.47 Å². The van der Waals surface area contributed by atoms with Crippen molar-refractivity contribution in [3.63, 3.8) is 0 Å². The van der Waals surface area contributed by atoms with Crippen molar-refractivity contribution in [2.24, 2.45) is 0 Å². The van der Waals surface area contributed by atoms with E-state index in [4.69, 9.17) is 0 Å². The number of ether oxygens (including phenoxy) is 2. The second-order valence-electron chi connectivity index (χ2n) is 7.06. The van der Waals surface area contributed by atoms with E-state index < -0.39 is 94.5 Å². The number of hydrogen-bond acceptors (Lipinski definition) is 4. The van der Waals surface area contributed by atoms with E-state index in [1.807, 2.05) is 0 Å². The zero-order valence-corrected chi connectivity index (χ0v) is 22.1. The highest BCUT2D eigenvalue weighted by Crippen LogP contribution is 2.27. The van der Waals surface area contributed by atoms with Crippen molar-refractivity contribution in [3.05, 3.63) is 99.7 Å². The van der Waals surface area contributed by atoms with E-state index in [9.17, 15) is 53.5 Å². The zero-order chi connectivity index (χ0) is 28.6. The van der Waals surface area contributed by atoms with Crippen LogP contribution in [0.1, 0.15) is 31.8 Å². The second-order valence-corrected chi connectivity index (χ2v) is 9.39. The summed E-state index contributed by atoms with van der Waals surface area (Å²) in [5.41, 5.74) is -3.47. The Hall–Kier alpha value is -2.64. The fourth-order valence-corrected chi connectivity index (χ4v) is 4.22. The van der Waals surface area contributed by atoms with Gasteiger partial charge in [0.05, 0.1) is 22.3 Å². The van der Waals surface area contributed by atoms with Crippen LogP contribution in [-0.4, -0.2) is 11.9 Å². The summed E-state index contributed by atoms with van der Waals surface area (Å²) in [5, 5.41) is 0. The van der Waals surface area contributed by atoms with E-state index in [1.165, 1.54) is 45.2 Å². The van der Waals surface area contributed by atoms with Crippen LogP contribution >= 0.6 is 45.2 Å². The highest BCUT2D eigenvalue weighted by molar-refractivity contribution is 14.1. The van der Waals surface area contributed by atoms with Gasteiger partial charge in [0.25, 0.3) is 0 Å². The lowest BCUT2D eigenvalue weighted by Gasteiger charge is -2.12. The van der Waals surface area contributed by atoms with Crippen LogP contribution in [0, 0.1) is 65.3 Å². The predicted molar refractivity (Wildman–Crippen MR) is 123 cm³/mol. The maximum atomic E-state index is 13.8. The molecule has 0 bridgehead atoms. The summed E-state index contributed by atoms with van der Waals surface area (Å²) in [6.07, 6.45) is 0. The molecule has 0 saturated carbocycles. The Morgan fingerprint density at radius 3 is 1.00 bits per heavy atom. The van der Waals surface area contributed by atoms with Crippen molar-refractivity contribution in [3.8, 4) is 0 Å². The van der Waals surface area contributed by atoms with Crippen LogP contribution in [0.5, 0.6) is 0 Å². The lowest BCUT2D eigenvalue weighted by molar-refractivity contribution is 0.0445. The van der Waals surface area contributed by atoms with E-state index in [-0.39, 0.29) is 18.3 Å². The molecule has 0 atom stereocenters. The minimum atomic E-state index is -2.40. The second kappa shape index (κ2) is 11.6. The van der Waals surface area contributed by atoms with Gasteiger partial charge in [-0.15, -0.1) is 0 Å². The fraction of sp³-hybridized carbons (Fsp3) is 0.0909. The number of esters is 2. The van der Waals surface area contributed by atoms with Gasteiger partial charge in [-0.1, -0.05) is 0 Å². The molecule has 0 saturated heterocycles. The van der Waals surface area contributed by atoms with Gasteiger partial charge in [0.1, 0.15) is 13.2 Å². The molecule has 0 heterocycles. The largest absolute Gasteiger partial charge is 0.457 e. The molecule has 0 aliphatic carbocycles. The van der Waals surface area contributed by atoms with Gasteiger partial charge >= 0.3 is 11.9 Å². The highest BCUT2D eigenvalue weighted by Gasteiger charge is 2.29. The molecule has 3 rings (SSSR count). The van der Waals surface area contributed by atoms with Gasteiger partial charge in [-0.3, -0.25) is 0 Å². The Morgan fingerprint density at radius 2 is 0.737 bits per heavy atom. The van der Waals surface area contributed by atoms with E-state index in [2.05, 4.69) is 9.47 Å². The highest BCUT2D eigenvalue weighted by atomic mass is 127. The van der Waals surface area contributed by atoms with Crippen molar-refractivity contribution in [1.29, 1.82) is 0 Å². The van der Waals surface area contributed by atoms with E-state index in [1.54, 1.807) is 0 Å². The number of halogens is 12. The standard InChI is InChI=1S/C22H6F10I2O4/c23-11-7(12(24)16(28)19(31)15(11)27)3-37-21(35)5-1-9(33)6(2-10(5)34)22(36)38-4-8-13(25)17(29)20(32)18(30)14(8)26/h1-2H,3-4H2. The number of carbonyl (C=O) groups excluding carboxylic acids is 2. The summed E-state index contributed by atoms with van der Waals surface area (Å²) in [6.45, 7) is -2.69. The molecule has 0 aliphatic heterocycles. The molecule has 4 nitrogen and oxygen atoms in total. The van der Waals surface area contributed by atoms with Gasteiger partial charge in [0.2, 0.25) is 11.6 Å². The maximum absolute atomic E-state index is 13.8. The maximum Gasteiger partial charge on any atom is 0.339 e. The fourth-order valence-electron chi connectivity index (χ4n) is 2.84. The quantitative estimate of drug-likeness (QED) is 0.0891. The molecule has 0 radical (unpaired) electrons. The summed E-state index contributed by atoms with van der Waals surface area (Å²) in [5.74, 6) is -25.2. The molecule has 0 N–H and O–H groups in total. The molecule has 3 aromatic rings. The van der Waals surface area contributed by atoms with Gasteiger partial charge in [-0.2, -0.15) is 0 Å². The van der Waals surface area contributed by atoms with Crippen molar-refractivity contribution < 1.29 is 63.0 Å². The first kappa shape index (κ1) is 29.9. The van der Waals surface area contributed by atoms with Crippen LogP contribution < -0.4 is 0 Å². The predicted octanol–water partition coefficient (Wildman–Crippen LogP) is 7.00. The minimum Gasteiger partial charge on any atom is -0.457 e. The molecule has 16 heteroatoms. The number of hydrogen-bond donors (Lipinski definition) is 0. The van der Waals surface area contributed by atoms with E-state index in [0.29, 0.717) is 0 Å². The zero-order valence-electron chi connectivity index (χ0n) is 17.7. The Kier molecular flexibility index (Phi) is 9.15. The first-order valence-corrected chi connectivity index (χ1v) is 11.7. The van der Waals surface area contributed by atoms with Crippen molar-refractivity contribution >= 4 is 57.1 Å². The first-order valence-electron chi connectivity index (χ1n) is 9.52. The van der Waals surface area contributed by atoms with Gasteiger partial charge in [0, 0.05) is 7.14 Å². The molecule has 38 heavy (non-hydrogen) atoms. The van der Waals surface area contributed by atoms with E-state index >= 15 is 0 Å². The Morgan fingerprint density at radius 1 is 0.500 bits per heavy atom.